The predicted octanol–water partition coefficient (Wildman–Crippen LogP) is 3.96. The van der Waals surface area contributed by atoms with Gasteiger partial charge in [-0.15, -0.1) is 0 Å². The zero-order valence-electron chi connectivity index (χ0n) is 15.0. The van der Waals surface area contributed by atoms with Gasteiger partial charge < -0.3 is 10.1 Å². The van der Waals surface area contributed by atoms with E-state index in [0.717, 1.165) is 33.7 Å². The van der Waals surface area contributed by atoms with Gasteiger partial charge in [-0.25, -0.2) is 4.79 Å². The van der Waals surface area contributed by atoms with Crippen LogP contribution in [-0.4, -0.2) is 18.1 Å². The number of allylic oxidation sites excluding steroid dienone is 3. The molecule has 25 heavy (non-hydrogen) atoms. The number of nitrogens with zero attached hydrogens (tertiary/aromatic N) is 1. The average molecular weight is 334 g/mol. The fraction of sp³-hybridized carbons (Fsp3) is 0.238. The molecule has 1 aromatic carbocycles. The molecule has 4 nitrogen and oxygen atoms in total. The second kappa shape index (κ2) is 6.93. The number of methoxy groups -OCH3 is 1. The SMILES string of the molecule is COC(=O)C1=C(C)NC(C)=C(c2cccnc2)C1c1ccccc1C. The number of aryl methyl sites for hydroxylation is 1. The normalized spacial score (nSPS) is 17.4. The maximum Gasteiger partial charge on any atom is 0.336 e. The molecule has 3 rings (SSSR count). The molecule has 1 aromatic heterocycles. The third-order valence-electron chi connectivity index (χ3n) is 4.64. The van der Waals surface area contributed by atoms with Crippen LogP contribution in [0.25, 0.3) is 5.57 Å². The molecule has 0 amide bonds. The molecule has 0 radical (unpaired) electrons. The summed E-state index contributed by atoms with van der Waals surface area (Å²) in [5.41, 5.74) is 6.76. The van der Waals surface area contributed by atoms with Gasteiger partial charge in [0, 0.05) is 29.7 Å². The number of ether oxygens (including phenoxy) is 1. The van der Waals surface area contributed by atoms with Gasteiger partial charge in [-0.2, -0.15) is 0 Å². The number of pyridine rings is 1. The fourth-order valence-corrected chi connectivity index (χ4v) is 3.50. The minimum Gasteiger partial charge on any atom is -0.466 e. The summed E-state index contributed by atoms with van der Waals surface area (Å²) in [6.45, 7) is 6.02. The fourth-order valence-electron chi connectivity index (χ4n) is 3.50. The molecule has 2 aromatic rings. The number of dihydropyridines is 1. The summed E-state index contributed by atoms with van der Waals surface area (Å²) >= 11 is 0. The van der Waals surface area contributed by atoms with E-state index in [1.807, 2.05) is 44.3 Å². The number of carbonyl (C=O) groups excluding carboxylic acids is 1. The molecule has 0 fully saturated rings. The monoisotopic (exact) mass is 334 g/mol. The van der Waals surface area contributed by atoms with Gasteiger partial charge in [0.05, 0.1) is 12.7 Å². The van der Waals surface area contributed by atoms with Gasteiger partial charge in [0.25, 0.3) is 0 Å². The van der Waals surface area contributed by atoms with Crippen molar-refractivity contribution >= 4 is 11.5 Å². The first kappa shape index (κ1) is 17.0. The minimum absolute atomic E-state index is 0.195. The largest absolute Gasteiger partial charge is 0.466 e. The summed E-state index contributed by atoms with van der Waals surface area (Å²) in [5, 5.41) is 3.34. The van der Waals surface area contributed by atoms with Crippen LogP contribution in [0.4, 0.5) is 0 Å². The Morgan fingerprint density at radius 3 is 2.48 bits per heavy atom. The molecule has 0 spiro atoms. The molecule has 0 aliphatic carbocycles. The van der Waals surface area contributed by atoms with E-state index < -0.39 is 0 Å². The maximum atomic E-state index is 12.6. The highest BCUT2D eigenvalue weighted by Crippen LogP contribution is 2.44. The van der Waals surface area contributed by atoms with Gasteiger partial charge in [0.2, 0.25) is 0 Å². The van der Waals surface area contributed by atoms with Crippen molar-refractivity contribution in [2.45, 2.75) is 26.7 Å². The highest BCUT2D eigenvalue weighted by Gasteiger charge is 2.35. The smallest absolute Gasteiger partial charge is 0.336 e. The van der Waals surface area contributed by atoms with Crippen LogP contribution >= 0.6 is 0 Å². The lowest BCUT2D eigenvalue weighted by Gasteiger charge is -2.32. The molecular formula is C21H22N2O2. The standard InChI is InChI=1S/C21H22N2O2/c1-13-8-5-6-10-17(13)20-18(16-9-7-11-22-12-16)14(2)23-15(3)19(20)21(24)25-4/h5-12,20,23H,1-4H3. The zero-order valence-corrected chi connectivity index (χ0v) is 15.0. The number of hydrogen-bond donors (Lipinski definition) is 1. The third-order valence-corrected chi connectivity index (χ3v) is 4.64. The Balaban J connectivity index is 2.27. The lowest BCUT2D eigenvalue weighted by Crippen LogP contribution is -2.28. The lowest BCUT2D eigenvalue weighted by atomic mass is 9.76. The van der Waals surface area contributed by atoms with Gasteiger partial charge in [0.15, 0.2) is 0 Å². The molecule has 1 aliphatic heterocycles. The van der Waals surface area contributed by atoms with E-state index in [9.17, 15) is 4.79 Å². The summed E-state index contributed by atoms with van der Waals surface area (Å²) in [4.78, 5) is 16.9. The van der Waals surface area contributed by atoms with E-state index in [2.05, 4.69) is 29.4 Å². The second-order valence-corrected chi connectivity index (χ2v) is 6.23. The zero-order chi connectivity index (χ0) is 18.0. The maximum absolute atomic E-state index is 12.6. The first-order valence-electron chi connectivity index (χ1n) is 8.27. The Bertz CT molecular complexity index is 866. The molecule has 1 N–H and O–H groups in total. The van der Waals surface area contributed by atoms with E-state index >= 15 is 0 Å². The summed E-state index contributed by atoms with van der Waals surface area (Å²) in [6, 6.07) is 12.1. The number of hydrogen-bond acceptors (Lipinski definition) is 4. The number of aromatic nitrogens is 1. The van der Waals surface area contributed by atoms with Crippen LogP contribution in [-0.2, 0) is 9.53 Å². The Morgan fingerprint density at radius 2 is 1.84 bits per heavy atom. The number of carbonyl (C=O) groups is 1. The summed E-state index contributed by atoms with van der Waals surface area (Å²) in [5.74, 6) is -0.508. The molecule has 4 heteroatoms. The molecule has 0 saturated carbocycles. The van der Waals surface area contributed by atoms with Gasteiger partial charge in [-0.3, -0.25) is 4.98 Å². The lowest BCUT2D eigenvalue weighted by molar-refractivity contribution is -0.136. The van der Waals surface area contributed by atoms with Crippen LogP contribution in [0.2, 0.25) is 0 Å². The van der Waals surface area contributed by atoms with Gasteiger partial charge in [-0.1, -0.05) is 30.3 Å². The Labute approximate surface area is 148 Å². The first-order chi connectivity index (χ1) is 12.0. The van der Waals surface area contributed by atoms with Gasteiger partial charge in [0.1, 0.15) is 0 Å². The highest BCUT2D eigenvalue weighted by molar-refractivity contribution is 5.97. The third kappa shape index (κ3) is 3.07. The minimum atomic E-state index is -0.313. The first-order valence-corrected chi connectivity index (χ1v) is 8.27. The van der Waals surface area contributed by atoms with E-state index in [1.165, 1.54) is 7.11 Å². The van der Waals surface area contributed by atoms with Gasteiger partial charge >= 0.3 is 5.97 Å². The highest BCUT2D eigenvalue weighted by atomic mass is 16.5. The van der Waals surface area contributed by atoms with Crippen molar-refractivity contribution in [1.82, 2.24) is 10.3 Å². The van der Waals surface area contributed by atoms with Crippen molar-refractivity contribution in [3.8, 4) is 0 Å². The predicted molar refractivity (Wildman–Crippen MR) is 98.6 cm³/mol. The molecule has 1 aliphatic rings. The van der Waals surface area contributed by atoms with Crippen LogP contribution in [0.3, 0.4) is 0 Å². The van der Waals surface area contributed by atoms with Crippen LogP contribution in [0, 0.1) is 6.92 Å². The quantitative estimate of drug-likeness (QED) is 0.864. The van der Waals surface area contributed by atoms with Crippen LogP contribution in [0.5, 0.6) is 0 Å². The van der Waals surface area contributed by atoms with Crippen molar-refractivity contribution in [2.24, 2.45) is 0 Å². The van der Waals surface area contributed by atoms with E-state index in [0.29, 0.717) is 5.57 Å². The van der Waals surface area contributed by atoms with E-state index in [-0.39, 0.29) is 11.9 Å². The van der Waals surface area contributed by atoms with Crippen molar-refractivity contribution in [1.29, 1.82) is 0 Å². The molecule has 1 atom stereocenters. The van der Waals surface area contributed by atoms with Crippen LogP contribution in [0.15, 0.2) is 65.8 Å². The molecular weight excluding hydrogens is 312 g/mol. The van der Waals surface area contributed by atoms with Crippen molar-refractivity contribution in [2.75, 3.05) is 7.11 Å². The number of esters is 1. The van der Waals surface area contributed by atoms with E-state index in [4.69, 9.17) is 4.74 Å². The van der Waals surface area contributed by atoms with E-state index in [1.54, 1.807) is 6.20 Å². The van der Waals surface area contributed by atoms with Crippen LogP contribution in [0.1, 0.15) is 36.5 Å². The number of rotatable bonds is 3. The van der Waals surface area contributed by atoms with Crippen molar-refractivity contribution < 1.29 is 9.53 Å². The number of benzene rings is 1. The average Bonchev–Trinajstić information content (AvgIpc) is 2.62. The molecule has 0 bridgehead atoms. The Hall–Kier alpha value is -2.88. The topological polar surface area (TPSA) is 51.2 Å². The molecule has 0 saturated heterocycles. The van der Waals surface area contributed by atoms with Crippen molar-refractivity contribution in [3.63, 3.8) is 0 Å². The Morgan fingerprint density at radius 1 is 1.08 bits per heavy atom. The molecule has 1 unspecified atom stereocenters. The molecule has 2 heterocycles. The molecule has 128 valence electrons. The summed E-state index contributed by atoms with van der Waals surface area (Å²) in [6.07, 6.45) is 3.59. The summed E-state index contributed by atoms with van der Waals surface area (Å²) in [7, 11) is 1.42. The Kier molecular flexibility index (Phi) is 4.70. The van der Waals surface area contributed by atoms with Crippen LogP contribution < -0.4 is 5.32 Å². The van der Waals surface area contributed by atoms with Gasteiger partial charge in [-0.05, 0) is 49.1 Å². The second-order valence-electron chi connectivity index (χ2n) is 6.23. The summed E-state index contributed by atoms with van der Waals surface area (Å²) < 4.78 is 5.10. The van der Waals surface area contributed by atoms with Crippen molar-refractivity contribution in [3.05, 3.63) is 82.4 Å². The number of nitrogens with one attached hydrogen (secondary N) is 1.